The van der Waals surface area contributed by atoms with Gasteiger partial charge >= 0.3 is 0 Å². The summed E-state index contributed by atoms with van der Waals surface area (Å²) in [5, 5.41) is 5.14. The van der Waals surface area contributed by atoms with E-state index in [-0.39, 0.29) is 6.61 Å². The van der Waals surface area contributed by atoms with Gasteiger partial charge in [0.1, 0.15) is 19.0 Å². The van der Waals surface area contributed by atoms with Crippen LogP contribution >= 0.6 is 39.1 Å². The van der Waals surface area contributed by atoms with Crippen LogP contribution in [0.1, 0.15) is 27.0 Å². The fraction of sp³-hybridized carbons (Fsp3) is 0.103. The van der Waals surface area contributed by atoms with Crippen molar-refractivity contribution in [3.63, 3.8) is 0 Å². The third kappa shape index (κ3) is 7.28. The van der Waals surface area contributed by atoms with Gasteiger partial charge in [-0.15, -0.1) is 0 Å². The monoisotopic (exact) mass is 612 g/mol. The van der Waals surface area contributed by atoms with E-state index in [1.165, 1.54) is 6.21 Å². The number of rotatable bonds is 10. The fourth-order valence-corrected chi connectivity index (χ4v) is 4.34. The predicted octanol–water partition coefficient (Wildman–Crippen LogP) is 7.69. The number of benzene rings is 4. The number of amides is 1. The molecule has 0 spiro atoms. The number of carbonyl (C=O) groups is 1. The molecule has 0 aliphatic heterocycles. The average Bonchev–Trinajstić information content (AvgIpc) is 2.93. The molecule has 0 aliphatic carbocycles. The van der Waals surface area contributed by atoms with Crippen LogP contribution in [0.4, 0.5) is 0 Å². The maximum Gasteiger partial charge on any atom is 0.275 e. The van der Waals surface area contributed by atoms with Gasteiger partial charge in [-0.1, -0.05) is 71.7 Å². The summed E-state index contributed by atoms with van der Waals surface area (Å²) in [5.41, 5.74) is 5.36. The van der Waals surface area contributed by atoms with Gasteiger partial charge in [-0.25, -0.2) is 5.43 Å². The summed E-state index contributed by atoms with van der Waals surface area (Å²) in [4.78, 5) is 12.9. The van der Waals surface area contributed by atoms with Crippen LogP contribution in [0.3, 0.4) is 0 Å². The first-order chi connectivity index (χ1) is 18.4. The lowest BCUT2D eigenvalue weighted by atomic mass is 10.2. The van der Waals surface area contributed by atoms with Crippen LogP contribution in [0, 0.1) is 0 Å². The SMILES string of the molecule is COc1cc(/C=N/NC(=O)c2ccccc2OCc2ccc(Cl)cc2Cl)c(Br)cc1OCc1ccccc1. The molecule has 0 atom stereocenters. The van der Waals surface area contributed by atoms with Gasteiger partial charge in [0, 0.05) is 25.6 Å². The molecule has 194 valence electrons. The third-order valence-corrected chi connectivity index (χ3v) is 6.69. The minimum absolute atomic E-state index is 0.176. The van der Waals surface area contributed by atoms with Gasteiger partial charge in [0.2, 0.25) is 0 Å². The molecular formula is C29H23BrCl2N2O4. The molecule has 0 bridgehead atoms. The molecule has 6 nitrogen and oxygen atoms in total. The van der Waals surface area contributed by atoms with E-state index in [0.717, 1.165) is 15.6 Å². The Labute approximate surface area is 239 Å². The minimum atomic E-state index is -0.426. The standard InChI is InChI=1S/C29H23BrCl2N2O4/c1-36-27-13-21(24(30)15-28(27)37-17-19-7-3-2-4-8-19)16-33-34-29(35)23-9-5-6-10-26(23)38-18-20-11-12-22(31)14-25(20)32/h2-16H,17-18H2,1H3,(H,34,35)/b33-16+. The number of nitrogens with one attached hydrogen (secondary N) is 1. The lowest BCUT2D eigenvalue weighted by Crippen LogP contribution is -2.18. The molecule has 4 aromatic rings. The maximum absolute atomic E-state index is 12.9. The second kappa shape index (κ2) is 13.3. The zero-order valence-electron chi connectivity index (χ0n) is 20.3. The second-order valence-corrected chi connectivity index (χ2v) is 9.72. The van der Waals surface area contributed by atoms with Crippen molar-refractivity contribution >= 4 is 51.3 Å². The Morgan fingerprint density at radius 3 is 2.39 bits per heavy atom. The van der Waals surface area contributed by atoms with E-state index in [4.69, 9.17) is 37.4 Å². The van der Waals surface area contributed by atoms with Gasteiger partial charge in [-0.05, 0) is 57.9 Å². The lowest BCUT2D eigenvalue weighted by molar-refractivity contribution is 0.0950. The van der Waals surface area contributed by atoms with E-state index in [0.29, 0.717) is 45.0 Å². The Bertz CT molecular complexity index is 1450. The molecule has 0 radical (unpaired) electrons. The molecule has 1 N–H and O–H groups in total. The van der Waals surface area contributed by atoms with Crippen molar-refractivity contribution in [2.24, 2.45) is 5.10 Å². The number of para-hydroxylation sites is 1. The Hall–Kier alpha value is -3.52. The average molecular weight is 614 g/mol. The molecule has 9 heteroatoms. The van der Waals surface area contributed by atoms with Gasteiger partial charge in [0.15, 0.2) is 11.5 Å². The molecular weight excluding hydrogens is 591 g/mol. The van der Waals surface area contributed by atoms with Crippen LogP contribution in [0.15, 0.2) is 94.5 Å². The molecule has 1 amide bonds. The van der Waals surface area contributed by atoms with Gasteiger partial charge in [0.05, 0.1) is 18.9 Å². The first-order valence-corrected chi connectivity index (χ1v) is 13.0. The number of methoxy groups -OCH3 is 1. The van der Waals surface area contributed by atoms with Crippen molar-refractivity contribution in [1.82, 2.24) is 5.43 Å². The van der Waals surface area contributed by atoms with E-state index in [1.807, 2.05) is 30.3 Å². The predicted molar refractivity (Wildman–Crippen MR) is 154 cm³/mol. The summed E-state index contributed by atoms with van der Waals surface area (Å²) < 4.78 is 18.0. The molecule has 4 rings (SSSR count). The summed E-state index contributed by atoms with van der Waals surface area (Å²) in [5.74, 6) is 1.09. The zero-order valence-corrected chi connectivity index (χ0v) is 23.4. The van der Waals surface area contributed by atoms with E-state index in [1.54, 1.807) is 61.7 Å². The number of hydrogen-bond donors (Lipinski definition) is 1. The van der Waals surface area contributed by atoms with Crippen LogP contribution in [0.5, 0.6) is 17.2 Å². The molecule has 0 heterocycles. The summed E-state index contributed by atoms with van der Waals surface area (Å²) in [6.45, 7) is 0.577. The number of nitrogens with zero attached hydrogens (tertiary/aromatic N) is 1. The second-order valence-electron chi connectivity index (χ2n) is 8.02. The van der Waals surface area contributed by atoms with E-state index in [2.05, 4.69) is 26.5 Å². The highest BCUT2D eigenvalue weighted by atomic mass is 79.9. The molecule has 0 aliphatic rings. The largest absolute Gasteiger partial charge is 0.493 e. The van der Waals surface area contributed by atoms with Crippen molar-refractivity contribution in [2.45, 2.75) is 13.2 Å². The Balaban J connectivity index is 1.41. The Kier molecular flexibility index (Phi) is 9.65. The van der Waals surface area contributed by atoms with Crippen molar-refractivity contribution in [1.29, 1.82) is 0 Å². The summed E-state index contributed by atoms with van der Waals surface area (Å²) >= 11 is 15.7. The minimum Gasteiger partial charge on any atom is -0.493 e. The van der Waals surface area contributed by atoms with Gasteiger partial charge in [-0.3, -0.25) is 4.79 Å². The van der Waals surface area contributed by atoms with Crippen LogP contribution < -0.4 is 19.6 Å². The first kappa shape index (κ1) is 27.5. The normalized spacial score (nSPS) is 10.8. The number of halogens is 3. The number of hydrazone groups is 1. The lowest BCUT2D eigenvalue weighted by Gasteiger charge is -2.13. The highest BCUT2D eigenvalue weighted by Gasteiger charge is 2.13. The van der Waals surface area contributed by atoms with Crippen molar-refractivity contribution in [3.05, 3.63) is 122 Å². The van der Waals surface area contributed by atoms with Gasteiger partial charge in [0.25, 0.3) is 5.91 Å². The molecule has 0 fully saturated rings. The highest BCUT2D eigenvalue weighted by molar-refractivity contribution is 9.10. The quantitative estimate of drug-likeness (QED) is 0.147. The fourth-order valence-electron chi connectivity index (χ4n) is 3.45. The molecule has 4 aromatic carbocycles. The van der Waals surface area contributed by atoms with Gasteiger partial charge in [-0.2, -0.15) is 5.10 Å². The van der Waals surface area contributed by atoms with Crippen LogP contribution in [0.25, 0.3) is 0 Å². The van der Waals surface area contributed by atoms with E-state index >= 15 is 0 Å². The van der Waals surface area contributed by atoms with E-state index in [9.17, 15) is 4.79 Å². The molecule has 0 unspecified atom stereocenters. The first-order valence-electron chi connectivity index (χ1n) is 11.5. The molecule has 0 aromatic heterocycles. The summed E-state index contributed by atoms with van der Waals surface area (Å²) in [6, 6.07) is 25.5. The molecule has 0 saturated carbocycles. The van der Waals surface area contributed by atoms with Crippen LogP contribution in [-0.2, 0) is 13.2 Å². The Morgan fingerprint density at radius 1 is 0.895 bits per heavy atom. The molecule has 0 saturated heterocycles. The number of ether oxygens (including phenoxy) is 3. The smallest absolute Gasteiger partial charge is 0.275 e. The van der Waals surface area contributed by atoms with Crippen molar-refractivity contribution in [2.75, 3.05) is 7.11 Å². The summed E-state index contributed by atoms with van der Waals surface area (Å²) in [7, 11) is 1.56. The topological polar surface area (TPSA) is 69.2 Å². The Morgan fingerprint density at radius 2 is 1.63 bits per heavy atom. The highest BCUT2D eigenvalue weighted by Crippen LogP contribution is 2.33. The number of carbonyl (C=O) groups excluding carboxylic acids is 1. The van der Waals surface area contributed by atoms with Crippen LogP contribution in [0.2, 0.25) is 10.0 Å². The van der Waals surface area contributed by atoms with Crippen LogP contribution in [-0.4, -0.2) is 19.2 Å². The maximum atomic E-state index is 12.9. The summed E-state index contributed by atoms with van der Waals surface area (Å²) in [6.07, 6.45) is 1.52. The molecule has 38 heavy (non-hydrogen) atoms. The van der Waals surface area contributed by atoms with Crippen molar-refractivity contribution < 1.29 is 19.0 Å². The number of hydrogen-bond acceptors (Lipinski definition) is 5. The third-order valence-electron chi connectivity index (χ3n) is 5.42. The van der Waals surface area contributed by atoms with E-state index < -0.39 is 5.91 Å². The zero-order chi connectivity index (χ0) is 26.9. The van der Waals surface area contributed by atoms with Gasteiger partial charge < -0.3 is 14.2 Å². The van der Waals surface area contributed by atoms with Crippen molar-refractivity contribution in [3.8, 4) is 17.2 Å².